The maximum atomic E-state index is 6.01. The van der Waals surface area contributed by atoms with Gasteiger partial charge in [0.05, 0.1) is 0 Å². The lowest BCUT2D eigenvalue weighted by Crippen LogP contribution is -2.05. The molecule has 0 radical (unpaired) electrons. The number of nitrogens with one attached hydrogen (secondary N) is 2. The zero-order valence-electron chi connectivity index (χ0n) is 13.1. The van der Waals surface area contributed by atoms with E-state index in [1.165, 1.54) is 11.1 Å². The van der Waals surface area contributed by atoms with Crippen LogP contribution in [0.1, 0.15) is 11.1 Å². The Labute approximate surface area is 150 Å². The molecule has 3 aromatic rings. The minimum atomic E-state index is 0.551. The third-order valence-electron chi connectivity index (χ3n) is 3.32. The molecule has 0 fully saturated rings. The SMILES string of the molecule is Cc1cccc(CNc2nccc(Nc3cc(Cl)cc(Cl)c3)n2)c1. The van der Waals surface area contributed by atoms with E-state index < -0.39 is 0 Å². The molecule has 2 N–H and O–H groups in total. The van der Waals surface area contributed by atoms with Crippen LogP contribution in [0, 0.1) is 6.92 Å². The molecule has 0 aliphatic carbocycles. The van der Waals surface area contributed by atoms with Crippen molar-refractivity contribution in [1.29, 1.82) is 0 Å². The van der Waals surface area contributed by atoms with Crippen LogP contribution in [-0.2, 0) is 6.54 Å². The molecular formula is C18H16Cl2N4. The number of rotatable bonds is 5. The van der Waals surface area contributed by atoms with Crippen LogP contribution in [0.4, 0.5) is 17.5 Å². The van der Waals surface area contributed by atoms with Gasteiger partial charge in [-0.3, -0.25) is 0 Å². The van der Waals surface area contributed by atoms with Gasteiger partial charge in [0.25, 0.3) is 0 Å². The second-order valence-corrected chi connectivity index (χ2v) is 6.26. The molecule has 4 nitrogen and oxygen atoms in total. The Morgan fingerprint density at radius 2 is 1.79 bits per heavy atom. The molecule has 6 heteroatoms. The lowest BCUT2D eigenvalue weighted by Gasteiger charge is -2.09. The van der Waals surface area contributed by atoms with Crippen LogP contribution >= 0.6 is 23.2 Å². The highest BCUT2D eigenvalue weighted by molar-refractivity contribution is 6.35. The fourth-order valence-electron chi connectivity index (χ4n) is 2.29. The second kappa shape index (κ2) is 7.51. The second-order valence-electron chi connectivity index (χ2n) is 5.39. The summed E-state index contributed by atoms with van der Waals surface area (Å²) < 4.78 is 0. The molecule has 2 aromatic carbocycles. The van der Waals surface area contributed by atoms with Gasteiger partial charge in [0.2, 0.25) is 5.95 Å². The summed E-state index contributed by atoms with van der Waals surface area (Å²) in [6.07, 6.45) is 1.69. The van der Waals surface area contributed by atoms with Crippen molar-refractivity contribution < 1.29 is 0 Å². The summed E-state index contributed by atoms with van der Waals surface area (Å²) >= 11 is 12.0. The van der Waals surface area contributed by atoms with E-state index in [0.29, 0.717) is 28.4 Å². The van der Waals surface area contributed by atoms with E-state index in [9.17, 15) is 0 Å². The first-order valence-electron chi connectivity index (χ1n) is 7.44. The largest absolute Gasteiger partial charge is 0.350 e. The summed E-state index contributed by atoms with van der Waals surface area (Å²) in [4.78, 5) is 8.68. The summed E-state index contributed by atoms with van der Waals surface area (Å²) in [5, 5.41) is 7.53. The maximum Gasteiger partial charge on any atom is 0.224 e. The molecule has 122 valence electrons. The number of aryl methyl sites for hydroxylation is 1. The fourth-order valence-corrected chi connectivity index (χ4v) is 2.82. The van der Waals surface area contributed by atoms with E-state index in [-0.39, 0.29) is 0 Å². The first kappa shape index (κ1) is 16.6. The van der Waals surface area contributed by atoms with E-state index in [2.05, 4.69) is 45.7 Å². The minimum absolute atomic E-state index is 0.551. The first-order chi connectivity index (χ1) is 11.6. The molecule has 0 saturated heterocycles. The lowest BCUT2D eigenvalue weighted by molar-refractivity contribution is 1.05. The Morgan fingerprint density at radius 1 is 1.00 bits per heavy atom. The third-order valence-corrected chi connectivity index (χ3v) is 3.76. The molecule has 0 unspecified atom stereocenters. The third kappa shape index (κ3) is 4.60. The molecular weight excluding hydrogens is 343 g/mol. The van der Waals surface area contributed by atoms with Crippen LogP contribution in [0.2, 0.25) is 10.0 Å². The van der Waals surface area contributed by atoms with Gasteiger partial charge in [-0.15, -0.1) is 0 Å². The highest BCUT2D eigenvalue weighted by Crippen LogP contribution is 2.24. The molecule has 0 saturated carbocycles. The standard InChI is InChI=1S/C18H16Cl2N4/c1-12-3-2-4-13(7-12)11-22-18-21-6-5-17(24-18)23-16-9-14(19)8-15(20)10-16/h2-10H,11H2,1H3,(H2,21,22,23,24). The van der Waals surface area contributed by atoms with Gasteiger partial charge in [-0.25, -0.2) is 4.98 Å². The highest BCUT2D eigenvalue weighted by Gasteiger charge is 2.03. The van der Waals surface area contributed by atoms with Crippen molar-refractivity contribution in [1.82, 2.24) is 9.97 Å². The van der Waals surface area contributed by atoms with Crippen LogP contribution < -0.4 is 10.6 Å². The zero-order chi connectivity index (χ0) is 16.9. The van der Waals surface area contributed by atoms with E-state index in [4.69, 9.17) is 23.2 Å². The number of hydrogen-bond acceptors (Lipinski definition) is 4. The predicted octanol–water partition coefficient (Wildman–Crippen LogP) is 5.45. The number of benzene rings is 2. The smallest absolute Gasteiger partial charge is 0.224 e. The Kier molecular flexibility index (Phi) is 5.18. The molecule has 3 rings (SSSR count). The van der Waals surface area contributed by atoms with Gasteiger partial charge in [-0.1, -0.05) is 53.0 Å². The monoisotopic (exact) mass is 358 g/mol. The Morgan fingerprint density at radius 3 is 2.54 bits per heavy atom. The van der Waals surface area contributed by atoms with Crippen molar-refractivity contribution in [3.05, 3.63) is 75.9 Å². The van der Waals surface area contributed by atoms with Crippen LogP contribution in [0.3, 0.4) is 0 Å². The zero-order valence-corrected chi connectivity index (χ0v) is 14.6. The van der Waals surface area contributed by atoms with Crippen LogP contribution in [0.25, 0.3) is 0 Å². The van der Waals surface area contributed by atoms with Gasteiger partial charge in [-0.05, 0) is 36.8 Å². The quantitative estimate of drug-likeness (QED) is 0.636. The van der Waals surface area contributed by atoms with Crippen molar-refractivity contribution in [2.75, 3.05) is 10.6 Å². The molecule has 1 heterocycles. The summed E-state index contributed by atoms with van der Waals surface area (Å²) in [7, 11) is 0. The van der Waals surface area contributed by atoms with Gasteiger partial charge < -0.3 is 10.6 Å². The van der Waals surface area contributed by atoms with E-state index in [1.54, 1.807) is 30.5 Å². The molecule has 0 atom stereocenters. The van der Waals surface area contributed by atoms with Gasteiger partial charge in [0, 0.05) is 28.5 Å². The molecule has 0 aliphatic rings. The normalized spacial score (nSPS) is 10.5. The van der Waals surface area contributed by atoms with Crippen molar-refractivity contribution in [2.45, 2.75) is 13.5 Å². The molecule has 0 spiro atoms. The summed E-state index contributed by atoms with van der Waals surface area (Å²) in [5.74, 6) is 1.21. The summed E-state index contributed by atoms with van der Waals surface area (Å²) in [5.41, 5.74) is 3.18. The van der Waals surface area contributed by atoms with Crippen molar-refractivity contribution in [3.8, 4) is 0 Å². The van der Waals surface area contributed by atoms with Gasteiger partial charge in [0.1, 0.15) is 5.82 Å². The Bertz CT molecular complexity index is 832. The molecule has 24 heavy (non-hydrogen) atoms. The van der Waals surface area contributed by atoms with Gasteiger partial charge in [0.15, 0.2) is 0 Å². The molecule has 0 amide bonds. The molecule has 1 aromatic heterocycles. The number of halogens is 2. The highest BCUT2D eigenvalue weighted by atomic mass is 35.5. The van der Waals surface area contributed by atoms with Crippen molar-refractivity contribution >= 4 is 40.7 Å². The fraction of sp³-hybridized carbons (Fsp3) is 0.111. The van der Waals surface area contributed by atoms with Gasteiger partial charge >= 0.3 is 0 Å². The Hall–Kier alpha value is -2.30. The van der Waals surface area contributed by atoms with Crippen LogP contribution in [-0.4, -0.2) is 9.97 Å². The first-order valence-corrected chi connectivity index (χ1v) is 8.20. The van der Waals surface area contributed by atoms with E-state index >= 15 is 0 Å². The number of aromatic nitrogens is 2. The average Bonchev–Trinajstić information content (AvgIpc) is 2.52. The molecule has 0 aliphatic heterocycles. The number of nitrogens with zero attached hydrogens (tertiary/aromatic N) is 2. The lowest BCUT2D eigenvalue weighted by atomic mass is 10.1. The Balaban J connectivity index is 1.69. The van der Waals surface area contributed by atoms with E-state index in [0.717, 1.165) is 5.69 Å². The van der Waals surface area contributed by atoms with Crippen molar-refractivity contribution in [2.24, 2.45) is 0 Å². The summed E-state index contributed by atoms with van der Waals surface area (Å²) in [6, 6.07) is 15.3. The maximum absolute atomic E-state index is 6.01. The van der Waals surface area contributed by atoms with Crippen molar-refractivity contribution in [3.63, 3.8) is 0 Å². The van der Waals surface area contributed by atoms with Crippen LogP contribution in [0.5, 0.6) is 0 Å². The van der Waals surface area contributed by atoms with Gasteiger partial charge in [-0.2, -0.15) is 4.98 Å². The predicted molar refractivity (Wildman–Crippen MR) is 100 cm³/mol. The topological polar surface area (TPSA) is 49.8 Å². The van der Waals surface area contributed by atoms with E-state index in [1.807, 2.05) is 6.07 Å². The number of hydrogen-bond donors (Lipinski definition) is 2. The average molecular weight is 359 g/mol. The number of anilines is 3. The molecule has 0 bridgehead atoms. The van der Waals surface area contributed by atoms with Crippen LogP contribution in [0.15, 0.2) is 54.7 Å². The summed E-state index contributed by atoms with van der Waals surface area (Å²) in [6.45, 7) is 2.73. The minimum Gasteiger partial charge on any atom is -0.350 e.